The Labute approximate surface area is 217 Å². The summed E-state index contributed by atoms with van der Waals surface area (Å²) in [5.41, 5.74) is 7.09. The SMILES string of the molecule is CCOC(=O)c1ccc(N2CCN(C(=O)c3ccccc3)CC2)c(-n2c(N)c3c(cc2=O)C(=O)NC3=O)c1. The van der Waals surface area contributed by atoms with E-state index >= 15 is 0 Å². The summed E-state index contributed by atoms with van der Waals surface area (Å²) >= 11 is 0. The lowest BCUT2D eigenvalue weighted by atomic mass is 10.1. The zero-order valence-electron chi connectivity index (χ0n) is 20.6. The van der Waals surface area contributed by atoms with Crippen molar-refractivity contribution in [2.24, 2.45) is 0 Å². The molecule has 0 aliphatic carbocycles. The van der Waals surface area contributed by atoms with Gasteiger partial charge in [-0.2, -0.15) is 0 Å². The summed E-state index contributed by atoms with van der Waals surface area (Å²) in [7, 11) is 0. The Morgan fingerprint density at radius 2 is 1.61 bits per heavy atom. The molecule has 11 heteroatoms. The second-order valence-corrected chi connectivity index (χ2v) is 8.84. The van der Waals surface area contributed by atoms with Crippen LogP contribution in [0.15, 0.2) is 59.4 Å². The van der Waals surface area contributed by atoms with Gasteiger partial charge < -0.3 is 20.3 Å². The number of aromatic nitrogens is 1. The number of hydrogen-bond donors (Lipinski definition) is 2. The summed E-state index contributed by atoms with van der Waals surface area (Å²) in [4.78, 5) is 66.9. The molecule has 1 saturated heterocycles. The number of hydrogen-bond acceptors (Lipinski definition) is 8. The Balaban J connectivity index is 1.54. The molecule has 3 heterocycles. The number of nitrogens with two attached hydrogens (primary N) is 1. The van der Waals surface area contributed by atoms with Crippen LogP contribution in [0.1, 0.15) is 48.4 Å². The lowest BCUT2D eigenvalue weighted by Gasteiger charge is -2.37. The molecular formula is C27H25N5O6. The second-order valence-electron chi connectivity index (χ2n) is 8.84. The van der Waals surface area contributed by atoms with E-state index in [1.165, 1.54) is 6.07 Å². The normalized spacial score (nSPS) is 14.8. The van der Waals surface area contributed by atoms with E-state index in [4.69, 9.17) is 10.5 Å². The van der Waals surface area contributed by atoms with Crippen LogP contribution in [0, 0.1) is 0 Å². The summed E-state index contributed by atoms with van der Waals surface area (Å²) in [6.45, 7) is 3.60. The number of nitrogen functional groups attached to an aromatic ring is 1. The first-order valence-corrected chi connectivity index (χ1v) is 12.1. The van der Waals surface area contributed by atoms with E-state index in [1.54, 1.807) is 36.1 Å². The number of imide groups is 1. The molecule has 11 nitrogen and oxygen atoms in total. The third-order valence-corrected chi connectivity index (χ3v) is 6.61. The maximum absolute atomic E-state index is 13.2. The smallest absolute Gasteiger partial charge is 0.338 e. The number of esters is 1. The highest BCUT2D eigenvalue weighted by atomic mass is 16.5. The maximum atomic E-state index is 13.2. The van der Waals surface area contributed by atoms with Gasteiger partial charge in [0, 0.05) is 37.8 Å². The van der Waals surface area contributed by atoms with Crippen LogP contribution in [0.3, 0.4) is 0 Å². The molecule has 0 unspecified atom stereocenters. The van der Waals surface area contributed by atoms with Crippen LogP contribution in [0.25, 0.3) is 5.69 Å². The molecule has 38 heavy (non-hydrogen) atoms. The minimum Gasteiger partial charge on any atom is -0.462 e. The van der Waals surface area contributed by atoms with E-state index in [1.807, 2.05) is 23.1 Å². The van der Waals surface area contributed by atoms with Crippen LogP contribution < -0.4 is 21.5 Å². The predicted octanol–water partition coefficient (Wildman–Crippen LogP) is 1.44. The quantitative estimate of drug-likeness (QED) is 0.384. The molecule has 0 spiro atoms. The number of pyridine rings is 1. The van der Waals surface area contributed by atoms with Crippen LogP contribution in [-0.2, 0) is 4.74 Å². The van der Waals surface area contributed by atoms with Crippen LogP contribution in [-0.4, -0.2) is 65.9 Å². The average Bonchev–Trinajstić information content (AvgIpc) is 3.21. The second kappa shape index (κ2) is 9.85. The molecule has 2 aliphatic rings. The number of piperazine rings is 1. The number of nitrogens with zero attached hydrogens (tertiary/aromatic N) is 3. The Kier molecular flexibility index (Phi) is 6.41. The topological polar surface area (TPSA) is 144 Å². The number of amides is 3. The third-order valence-electron chi connectivity index (χ3n) is 6.61. The monoisotopic (exact) mass is 515 g/mol. The number of carbonyl (C=O) groups excluding carboxylic acids is 4. The molecule has 0 radical (unpaired) electrons. The fourth-order valence-corrected chi connectivity index (χ4v) is 4.75. The number of carbonyl (C=O) groups is 4. The van der Waals surface area contributed by atoms with Gasteiger partial charge in [-0.25, -0.2) is 4.79 Å². The Hall–Kier alpha value is -4.93. The molecule has 0 bridgehead atoms. The van der Waals surface area contributed by atoms with Crippen molar-refractivity contribution in [3.63, 3.8) is 0 Å². The van der Waals surface area contributed by atoms with Gasteiger partial charge in [0.25, 0.3) is 23.3 Å². The lowest BCUT2D eigenvalue weighted by Crippen LogP contribution is -2.49. The number of nitrogens with one attached hydrogen (secondary N) is 1. The van der Waals surface area contributed by atoms with Crippen molar-refractivity contribution >= 4 is 35.2 Å². The van der Waals surface area contributed by atoms with Crippen molar-refractivity contribution < 1.29 is 23.9 Å². The van der Waals surface area contributed by atoms with E-state index in [9.17, 15) is 24.0 Å². The molecule has 1 aromatic heterocycles. The molecule has 0 saturated carbocycles. The largest absolute Gasteiger partial charge is 0.462 e. The average molecular weight is 516 g/mol. The van der Waals surface area contributed by atoms with Gasteiger partial charge in [0.05, 0.1) is 34.7 Å². The number of rotatable bonds is 5. The van der Waals surface area contributed by atoms with E-state index in [2.05, 4.69) is 5.32 Å². The first-order valence-electron chi connectivity index (χ1n) is 12.1. The van der Waals surface area contributed by atoms with Gasteiger partial charge in [-0.15, -0.1) is 0 Å². The van der Waals surface area contributed by atoms with Crippen molar-refractivity contribution in [2.45, 2.75) is 6.92 Å². The molecular weight excluding hydrogens is 490 g/mol. The van der Waals surface area contributed by atoms with Crippen molar-refractivity contribution in [1.29, 1.82) is 0 Å². The number of anilines is 2. The highest BCUT2D eigenvalue weighted by Gasteiger charge is 2.33. The van der Waals surface area contributed by atoms with Crippen LogP contribution in [0.2, 0.25) is 0 Å². The molecule has 194 valence electrons. The third kappa shape index (κ3) is 4.27. The Bertz CT molecular complexity index is 1520. The van der Waals surface area contributed by atoms with Crippen molar-refractivity contribution in [1.82, 2.24) is 14.8 Å². The Morgan fingerprint density at radius 3 is 2.29 bits per heavy atom. The zero-order chi connectivity index (χ0) is 27.0. The van der Waals surface area contributed by atoms with Gasteiger partial charge in [-0.3, -0.25) is 29.1 Å². The number of benzene rings is 2. The summed E-state index contributed by atoms with van der Waals surface area (Å²) in [5, 5.41) is 2.15. The summed E-state index contributed by atoms with van der Waals surface area (Å²) in [5.74, 6) is -2.26. The highest BCUT2D eigenvalue weighted by Crippen LogP contribution is 2.31. The van der Waals surface area contributed by atoms with E-state index in [0.717, 1.165) is 10.6 Å². The molecule has 3 amide bonds. The fourth-order valence-electron chi connectivity index (χ4n) is 4.75. The van der Waals surface area contributed by atoms with Crippen molar-refractivity contribution in [2.75, 3.05) is 43.4 Å². The van der Waals surface area contributed by atoms with Crippen LogP contribution >= 0.6 is 0 Å². The van der Waals surface area contributed by atoms with E-state index in [0.29, 0.717) is 37.4 Å². The highest BCUT2D eigenvalue weighted by molar-refractivity contribution is 6.23. The predicted molar refractivity (Wildman–Crippen MR) is 139 cm³/mol. The minimum absolute atomic E-state index is 0.0714. The molecule has 1 fully saturated rings. The van der Waals surface area contributed by atoms with E-state index in [-0.39, 0.29) is 40.7 Å². The lowest BCUT2D eigenvalue weighted by molar-refractivity contribution is 0.0525. The summed E-state index contributed by atoms with van der Waals surface area (Å²) in [6, 6.07) is 14.8. The molecule has 3 N–H and O–H groups in total. The van der Waals surface area contributed by atoms with E-state index < -0.39 is 23.3 Å². The molecule has 2 aliphatic heterocycles. The summed E-state index contributed by atoms with van der Waals surface area (Å²) in [6.07, 6.45) is 0. The number of ether oxygens (including phenoxy) is 1. The standard InChI is InChI=1S/C27H25N5O6/c1-2-38-27(37)17-8-9-19(30-10-12-31(13-11-30)26(36)16-6-4-3-5-7-16)20(14-17)32-21(33)15-18-22(23(32)28)25(35)29-24(18)34/h3-9,14-15H,2,10-13,28H2,1H3,(H,29,34,35). The fraction of sp³-hybridized carbons (Fsp3) is 0.222. The molecule has 2 aromatic carbocycles. The first-order chi connectivity index (χ1) is 18.3. The van der Waals surface area contributed by atoms with Gasteiger partial charge >= 0.3 is 5.97 Å². The Morgan fingerprint density at radius 1 is 0.895 bits per heavy atom. The van der Waals surface area contributed by atoms with Crippen molar-refractivity contribution in [3.8, 4) is 5.69 Å². The first kappa shape index (κ1) is 24.8. The van der Waals surface area contributed by atoms with Gasteiger partial charge in [0.1, 0.15) is 5.82 Å². The van der Waals surface area contributed by atoms with Gasteiger partial charge in [0.2, 0.25) is 0 Å². The molecule has 5 rings (SSSR count). The molecule has 3 aromatic rings. The van der Waals surface area contributed by atoms with Gasteiger partial charge in [0.15, 0.2) is 0 Å². The van der Waals surface area contributed by atoms with Crippen molar-refractivity contribution in [3.05, 3.63) is 87.2 Å². The minimum atomic E-state index is -0.701. The van der Waals surface area contributed by atoms with Gasteiger partial charge in [-0.05, 0) is 37.3 Å². The van der Waals surface area contributed by atoms with Crippen LogP contribution in [0.4, 0.5) is 11.5 Å². The zero-order valence-corrected chi connectivity index (χ0v) is 20.6. The van der Waals surface area contributed by atoms with Crippen LogP contribution in [0.5, 0.6) is 0 Å². The number of fused-ring (bicyclic) bond motifs is 1. The summed E-state index contributed by atoms with van der Waals surface area (Å²) < 4.78 is 6.25. The molecule has 0 atom stereocenters. The maximum Gasteiger partial charge on any atom is 0.338 e. The van der Waals surface area contributed by atoms with Gasteiger partial charge in [-0.1, -0.05) is 18.2 Å².